The lowest BCUT2D eigenvalue weighted by molar-refractivity contribution is 0.0970. The van der Waals surface area contributed by atoms with Gasteiger partial charge in [-0.2, -0.15) is 0 Å². The lowest BCUT2D eigenvalue weighted by atomic mass is 9.60. The molecule has 1 aliphatic heterocycles. The number of furan rings is 1. The lowest BCUT2D eigenvalue weighted by Gasteiger charge is -2.46. The van der Waals surface area contributed by atoms with Crippen LogP contribution in [0.2, 0.25) is 0 Å². The number of hydrogen-bond donors (Lipinski definition) is 0. The Morgan fingerprint density at radius 3 is 2.25 bits per heavy atom. The van der Waals surface area contributed by atoms with E-state index in [1.165, 1.54) is 30.5 Å². The number of anilines is 1. The summed E-state index contributed by atoms with van der Waals surface area (Å²) in [4.78, 5) is 5.16. The van der Waals surface area contributed by atoms with Gasteiger partial charge in [-0.15, -0.1) is 0 Å². The Balaban J connectivity index is 1.48. The standard InChI is InChI=1S/C25H36N2O/c1-24(2)15-21(16-25(3,4)19-24)22-7-5-6-8-23(22)27-12-10-26(11-13-27)17-20-9-14-28-18-20/h5-9,14,18,21H,10-13,15-17,19H2,1-4H3. The molecule has 1 aliphatic carbocycles. The summed E-state index contributed by atoms with van der Waals surface area (Å²) in [7, 11) is 0. The van der Waals surface area contributed by atoms with Crippen LogP contribution in [-0.4, -0.2) is 31.1 Å². The highest BCUT2D eigenvalue weighted by molar-refractivity contribution is 5.56. The third-order valence-corrected chi connectivity index (χ3v) is 6.63. The quantitative estimate of drug-likeness (QED) is 0.656. The van der Waals surface area contributed by atoms with Crippen LogP contribution in [0.3, 0.4) is 0 Å². The molecule has 1 aromatic carbocycles. The van der Waals surface area contributed by atoms with Gasteiger partial charge in [0.25, 0.3) is 0 Å². The molecular formula is C25H36N2O. The summed E-state index contributed by atoms with van der Waals surface area (Å²) in [5.41, 5.74) is 5.17. The third kappa shape index (κ3) is 4.46. The van der Waals surface area contributed by atoms with Gasteiger partial charge >= 0.3 is 0 Å². The second-order valence-electron chi connectivity index (χ2n) is 10.6. The first-order valence-corrected chi connectivity index (χ1v) is 10.9. The van der Waals surface area contributed by atoms with E-state index in [4.69, 9.17) is 4.42 Å². The maximum absolute atomic E-state index is 5.23. The molecule has 0 unspecified atom stereocenters. The average Bonchev–Trinajstić information content (AvgIpc) is 3.13. The molecule has 4 rings (SSSR count). The Hall–Kier alpha value is -1.74. The molecule has 3 heteroatoms. The lowest BCUT2D eigenvalue weighted by Crippen LogP contribution is -2.46. The molecule has 0 bridgehead atoms. The molecule has 0 amide bonds. The summed E-state index contributed by atoms with van der Waals surface area (Å²) >= 11 is 0. The van der Waals surface area contributed by atoms with E-state index in [2.05, 4.69) is 67.8 Å². The zero-order valence-electron chi connectivity index (χ0n) is 18.1. The van der Waals surface area contributed by atoms with Gasteiger partial charge in [0, 0.05) is 44.0 Å². The van der Waals surface area contributed by atoms with E-state index in [1.807, 2.05) is 6.26 Å². The molecule has 0 spiro atoms. The van der Waals surface area contributed by atoms with Crippen LogP contribution in [0.15, 0.2) is 47.3 Å². The number of hydrogen-bond acceptors (Lipinski definition) is 3. The van der Waals surface area contributed by atoms with Crippen molar-refractivity contribution >= 4 is 5.69 Å². The Bertz CT molecular complexity index is 754. The fraction of sp³-hybridized carbons (Fsp3) is 0.600. The van der Waals surface area contributed by atoms with Gasteiger partial charge in [0.1, 0.15) is 0 Å². The van der Waals surface area contributed by atoms with Crippen molar-refractivity contribution < 1.29 is 4.42 Å². The van der Waals surface area contributed by atoms with E-state index < -0.39 is 0 Å². The highest BCUT2D eigenvalue weighted by Crippen LogP contribution is 2.53. The monoisotopic (exact) mass is 380 g/mol. The van der Waals surface area contributed by atoms with Crippen molar-refractivity contribution in [3.63, 3.8) is 0 Å². The van der Waals surface area contributed by atoms with Crippen LogP contribution >= 0.6 is 0 Å². The molecule has 3 nitrogen and oxygen atoms in total. The summed E-state index contributed by atoms with van der Waals surface area (Å²) in [6, 6.07) is 11.3. The molecule has 0 atom stereocenters. The van der Waals surface area contributed by atoms with Crippen molar-refractivity contribution in [3.8, 4) is 0 Å². The zero-order valence-corrected chi connectivity index (χ0v) is 18.1. The van der Waals surface area contributed by atoms with Crippen molar-refractivity contribution in [3.05, 3.63) is 54.0 Å². The molecule has 28 heavy (non-hydrogen) atoms. The molecule has 1 saturated heterocycles. The van der Waals surface area contributed by atoms with E-state index in [1.54, 1.807) is 11.8 Å². The number of nitrogens with zero attached hydrogens (tertiary/aromatic N) is 2. The molecule has 1 aromatic heterocycles. The topological polar surface area (TPSA) is 19.6 Å². The predicted molar refractivity (Wildman–Crippen MR) is 117 cm³/mol. The number of benzene rings is 1. The van der Waals surface area contributed by atoms with Crippen molar-refractivity contribution in [1.29, 1.82) is 0 Å². The second-order valence-corrected chi connectivity index (χ2v) is 10.6. The van der Waals surface area contributed by atoms with Gasteiger partial charge < -0.3 is 9.32 Å². The summed E-state index contributed by atoms with van der Waals surface area (Å²) in [6.07, 6.45) is 7.57. The Kier molecular flexibility index (Phi) is 5.30. The van der Waals surface area contributed by atoms with Crippen LogP contribution in [0.25, 0.3) is 0 Å². The minimum absolute atomic E-state index is 0.419. The molecule has 2 fully saturated rings. The smallest absolute Gasteiger partial charge is 0.0947 e. The highest BCUT2D eigenvalue weighted by Gasteiger charge is 2.39. The normalized spacial score (nSPS) is 23.1. The van der Waals surface area contributed by atoms with E-state index in [-0.39, 0.29) is 0 Å². The molecule has 1 saturated carbocycles. The first-order chi connectivity index (χ1) is 13.3. The fourth-order valence-electron chi connectivity index (χ4n) is 5.97. The Labute approximate surface area is 170 Å². The van der Waals surface area contributed by atoms with Crippen LogP contribution in [-0.2, 0) is 6.54 Å². The maximum atomic E-state index is 5.23. The minimum atomic E-state index is 0.419. The number of piperazine rings is 1. The van der Waals surface area contributed by atoms with Gasteiger partial charge in [-0.05, 0) is 53.7 Å². The van der Waals surface area contributed by atoms with Crippen molar-refractivity contribution in [2.75, 3.05) is 31.1 Å². The molecule has 2 aromatic rings. The van der Waals surface area contributed by atoms with Gasteiger partial charge in [-0.25, -0.2) is 0 Å². The van der Waals surface area contributed by atoms with Crippen LogP contribution in [0.5, 0.6) is 0 Å². The molecule has 2 aliphatic rings. The van der Waals surface area contributed by atoms with Crippen LogP contribution in [0, 0.1) is 10.8 Å². The maximum Gasteiger partial charge on any atom is 0.0947 e. The second kappa shape index (κ2) is 7.59. The molecule has 0 radical (unpaired) electrons. The number of para-hydroxylation sites is 1. The van der Waals surface area contributed by atoms with Crippen LogP contribution < -0.4 is 4.90 Å². The molecular weight excluding hydrogens is 344 g/mol. The molecule has 2 heterocycles. The van der Waals surface area contributed by atoms with Crippen LogP contribution in [0.4, 0.5) is 5.69 Å². The first kappa shape index (κ1) is 19.6. The van der Waals surface area contributed by atoms with Gasteiger partial charge in [0.05, 0.1) is 12.5 Å². The van der Waals surface area contributed by atoms with Gasteiger partial charge in [-0.3, -0.25) is 4.90 Å². The Morgan fingerprint density at radius 1 is 0.929 bits per heavy atom. The summed E-state index contributed by atoms with van der Waals surface area (Å²) < 4.78 is 5.23. The Morgan fingerprint density at radius 2 is 1.61 bits per heavy atom. The van der Waals surface area contributed by atoms with Crippen molar-refractivity contribution in [2.24, 2.45) is 10.8 Å². The van der Waals surface area contributed by atoms with E-state index in [0.29, 0.717) is 16.7 Å². The van der Waals surface area contributed by atoms with E-state index >= 15 is 0 Å². The minimum Gasteiger partial charge on any atom is -0.472 e. The van der Waals surface area contributed by atoms with Crippen molar-refractivity contribution in [2.45, 2.75) is 59.4 Å². The third-order valence-electron chi connectivity index (χ3n) is 6.63. The summed E-state index contributed by atoms with van der Waals surface area (Å²) in [6.45, 7) is 15.3. The molecule has 152 valence electrons. The average molecular weight is 381 g/mol. The molecule has 0 N–H and O–H groups in total. The zero-order chi connectivity index (χ0) is 19.8. The van der Waals surface area contributed by atoms with E-state index in [0.717, 1.165) is 32.7 Å². The largest absolute Gasteiger partial charge is 0.472 e. The summed E-state index contributed by atoms with van der Waals surface area (Å²) in [5, 5.41) is 0. The van der Waals surface area contributed by atoms with Crippen molar-refractivity contribution in [1.82, 2.24) is 4.90 Å². The van der Waals surface area contributed by atoms with Gasteiger partial charge in [-0.1, -0.05) is 45.9 Å². The van der Waals surface area contributed by atoms with Gasteiger partial charge in [0.2, 0.25) is 0 Å². The fourth-order valence-corrected chi connectivity index (χ4v) is 5.97. The van der Waals surface area contributed by atoms with Crippen LogP contribution in [0.1, 0.15) is 64.0 Å². The van der Waals surface area contributed by atoms with Gasteiger partial charge in [0.15, 0.2) is 0 Å². The number of rotatable bonds is 4. The SMILES string of the molecule is CC1(C)CC(c2ccccc2N2CCN(Cc3ccoc3)CC2)CC(C)(C)C1. The highest BCUT2D eigenvalue weighted by atomic mass is 16.3. The summed E-state index contributed by atoms with van der Waals surface area (Å²) in [5.74, 6) is 0.666. The van der Waals surface area contributed by atoms with E-state index in [9.17, 15) is 0 Å². The predicted octanol–water partition coefficient (Wildman–Crippen LogP) is 5.92. The first-order valence-electron chi connectivity index (χ1n) is 10.9.